The first-order chi connectivity index (χ1) is 9.65. The van der Waals surface area contributed by atoms with Gasteiger partial charge >= 0.3 is 0 Å². The van der Waals surface area contributed by atoms with Crippen LogP contribution >= 0.6 is 0 Å². The molecule has 3 rings (SSSR count). The zero-order chi connectivity index (χ0) is 14.1. The van der Waals surface area contributed by atoms with Gasteiger partial charge in [0.2, 0.25) is 0 Å². The summed E-state index contributed by atoms with van der Waals surface area (Å²) in [5, 5.41) is 0. The van der Waals surface area contributed by atoms with Gasteiger partial charge in [-0.3, -0.25) is 0 Å². The normalized spacial score (nSPS) is 12.8. The van der Waals surface area contributed by atoms with Gasteiger partial charge in [0.25, 0.3) is 0 Å². The van der Waals surface area contributed by atoms with Gasteiger partial charge in [0.05, 0.1) is 11.0 Å². The summed E-state index contributed by atoms with van der Waals surface area (Å²) in [5.41, 5.74) is 9.19. The van der Waals surface area contributed by atoms with Crippen LogP contribution < -0.4 is 5.73 Å². The van der Waals surface area contributed by atoms with E-state index in [9.17, 15) is 4.39 Å². The van der Waals surface area contributed by atoms with Crippen molar-refractivity contribution in [3.8, 4) is 0 Å². The van der Waals surface area contributed by atoms with Crippen LogP contribution in [0.25, 0.3) is 11.0 Å². The number of aryl methyl sites for hydroxylation is 1. The highest BCUT2D eigenvalue weighted by Gasteiger charge is 2.12. The molecule has 1 aromatic heterocycles. The molecule has 1 heterocycles. The fraction of sp³-hybridized carbons (Fsp3) is 0.188. The van der Waals surface area contributed by atoms with Crippen molar-refractivity contribution in [2.75, 3.05) is 0 Å². The first-order valence-corrected chi connectivity index (χ1v) is 6.58. The zero-order valence-corrected chi connectivity index (χ0v) is 11.3. The van der Waals surface area contributed by atoms with Gasteiger partial charge in [-0.2, -0.15) is 0 Å². The maximum atomic E-state index is 12.9. The molecule has 1 unspecified atom stereocenters. The Bertz CT molecular complexity index is 731. The standard InChI is InChI=1S/C16H16FN3/c1-11-19-15-4-2-3-5-16(15)20(11)10-14(18)12-6-8-13(17)9-7-12/h2-9,14H,10,18H2,1H3. The highest BCUT2D eigenvalue weighted by molar-refractivity contribution is 5.75. The third-order valence-electron chi connectivity index (χ3n) is 3.52. The Kier molecular flexibility index (Phi) is 3.24. The molecule has 20 heavy (non-hydrogen) atoms. The summed E-state index contributed by atoms with van der Waals surface area (Å²) < 4.78 is 15.0. The molecule has 1 atom stereocenters. The van der Waals surface area contributed by atoms with Crippen LogP contribution in [0.5, 0.6) is 0 Å². The number of para-hydroxylation sites is 2. The van der Waals surface area contributed by atoms with E-state index in [-0.39, 0.29) is 11.9 Å². The smallest absolute Gasteiger partial charge is 0.123 e. The monoisotopic (exact) mass is 269 g/mol. The molecule has 4 heteroatoms. The van der Waals surface area contributed by atoms with Gasteiger partial charge in [-0.15, -0.1) is 0 Å². The molecular formula is C16H16FN3. The van der Waals surface area contributed by atoms with Crippen LogP contribution in [0, 0.1) is 12.7 Å². The average Bonchev–Trinajstić information content (AvgIpc) is 2.76. The van der Waals surface area contributed by atoms with Crippen LogP contribution in [0.4, 0.5) is 4.39 Å². The predicted molar refractivity (Wildman–Crippen MR) is 77.8 cm³/mol. The van der Waals surface area contributed by atoms with Crippen molar-refractivity contribution in [3.63, 3.8) is 0 Å². The van der Waals surface area contributed by atoms with Crippen molar-refractivity contribution < 1.29 is 4.39 Å². The number of aromatic nitrogens is 2. The van der Waals surface area contributed by atoms with Crippen molar-refractivity contribution in [2.45, 2.75) is 19.5 Å². The van der Waals surface area contributed by atoms with Gasteiger partial charge < -0.3 is 10.3 Å². The third kappa shape index (κ3) is 2.30. The van der Waals surface area contributed by atoms with Crippen LogP contribution in [-0.2, 0) is 6.54 Å². The number of fused-ring (bicyclic) bond motifs is 1. The van der Waals surface area contributed by atoms with E-state index in [1.54, 1.807) is 12.1 Å². The van der Waals surface area contributed by atoms with Gasteiger partial charge in [-0.05, 0) is 36.8 Å². The molecule has 0 fully saturated rings. The summed E-state index contributed by atoms with van der Waals surface area (Å²) in [6.07, 6.45) is 0. The summed E-state index contributed by atoms with van der Waals surface area (Å²) in [5.74, 6) is 0.689. The van der Waals surface area contributed by atoms with Gasteiger partial charge in [0.15, 0.2) is 0 Å². The van der Waals surface area contributed by atoms with E-state index in [0.717, 1.165) is 22.4 Å². The maximum absolute atomic E-state index is 12.9. The molecule has 102 valence electrons. The summed E-state index contributed by atoms with van der Waals surface area (Å²) in [6.45, 7) is 2.59. The van der Waals surface area contributed by atoms with Crippen molar-refractivity contribution >= 4 is 11.0 Å². The zero-order valence-electron chi connectivity index (χ0n) is 11.3. The van der Waals surface area contributed by atoms with Gasteiger partial charge in [0.1, 0.15) is 11.6 Å². The summed E-state index contributed by atoms with van der Waals surface area (Å²) in [4.78, 5) is 4.52. The van der Waals surface area contributed by atoms with E-state index >= 15 is 0 Å². The molecule has 0 radical (unpaired) electrons. The fourth-order valence-corrected chi connectivity index (χ4v) is 2.44. The molecule has 2 N–H and O–H groups in total. The Morgan fingerprint density at radius 3 is 2.60 bits per heavy atom. The molecule has 3 aromatic rings. The summed E-state index contributed by atoms with van der Waals surface area (Å²) in [6, 6.07) is 14.1. The second kappa shape index (κ2) is 5.06. The summed E-state index contributed by atoms with van der Waals surface area (Å²) >= 11 is 0. The van der Waals surface area contributed by atoms with E-state index in [1.165, 1.54) is 12.1 Å². The Labute approximate surface area is 116 Å². The van der Waals surface area contributed by atoms with E-state index in [2.05, 4.69) is 9.55 Å². The quantitative estimate of drug-likeness (QED) is 0.793. The van der Waals surface area contributed by atoms with Crippen molar-refractivity contribution in [2.24, 2.45) is 5.73 Å². The van der Waals surface area contributed by atoms with Gasteiger partial charge in [-0.1, -0.05) is 24.3 Å². The predicted octanol–water partition coefficient (Wildman–Crippen LogP) is 3.18. The van der Waals surface area contributed by atoms with Crippen LogP contribution in [0.15, 0.2) is 48.5 Å². The molecule has 3 nitrogen and oxygen atoms in total. The topological polar surface area (TPSA) is 43.8 Å². The van der Waals surface area contributed by atoms with E-state index < -0.39 is 0 Å². The highest BCUT2D eigenvalue weighted by atomic mass is 19.1. The highest BCUT2D eigenvalue weighted by Crippen LogP contribution is 2.20. The van der Waals surface area contributed by atoms with Crippen molar-refractivity contribution in [3.05, 3.63) is 65.7 Å². The van der Waals surface area contributed by atoms with Crippen LogP contribution in [0.1, 0.15) is 17.4 Å². The number of halogens is 1. The van der Waals surface area contributed by atoms with E-state index in [1.807, 2.05) is 31.2 Å². The van der Waals surface area contributed by atoms with E-state index in [4.69, 9.17) is 5.73 Å². The first-order valence-electron chi connectivity index (χ1n) is 6.58. The molecule has 0 saturated carbocycles. The lowest BCUT2D eigenvalue weighted by Gasteiger charge is -2.15. The van der Waals surface area contributed by atoms with E-state index in [0.29, 0.717) is 6.54 Å². The molecule has 0 aliphatic rings. The molecule has 0 aliphatic heterocycles. The second-order valence-corrected chi connectivity index (χ2v) is 4.92. The third-order valence-corrected chi connectivity index (χ3v) is 3.52. The molecule has 0 bridgehead atoms. The average molecular weight is 269 g/mol. The lowest BCUT2D eigenvalue weighted by Crippen LogP contribution is -2.18. The number of imidazole rings is 1. The lowest BCUT2D eigenvalue weighted by atomic mass is 10.1. The minimum absolute atomic E-state index is 0.188. The van der Waals surface area contributed by atoms with Crippen molar-refractivity contribution in [1.82, 2.24) is 9.55 Å². The Morgan fingerprint density at radius 2 is 1.85 bits per heavy atom. The van der Waals surface area contributed by atoms with Gasteiger partial charge in [0, 0.05) is 12.6 Å². The molecule has 2 aromatic carbocycles. The molecule has 0 saturated heterocycles. The minimum atomic E-state index is -0.245. The fourth-order valence-electron chi connectivity index (χ4n) is 2.44. The largest absolute Gasteiger partial charge is 0.326 e. The van der Waals surface area contributed by atoms with Crippen LogP contribution in [0.3, 0.4) is 0 Å². The van der Waals surface area contributed by atoms with Gasteiger partial charge in [-0.25, -0.2) is 9.37 Å². The number of hydrogen-bond donors (Lipinski definition) is 1. The molecular weight excluding hydrogens is 253 g/mol. The number of hydrogen-bond acceptors (Lipinski definition) is 2. The minimum Gasteiger partial charge on any atom is -0.326 e. The Hall–Kier alpha value is -2.20. The Balaban J connectivity index is 1.92. The number of nitrogens with zero attached hydrogens (tertiary/aromatic N) is 2. The van der Waals surface area contributed by atoms with Crippen LogP contribution in [-0.4, -0.2) is 9.55 Å². The number of rotatable bonds is 3. The van der Waals surface area contributed by atoms with Crippen molar-refractivity contribution in [1.29, 1.82) is 0 Å². The first kappa shape index (κ1) is 12.8. The molecule has 0 aliphatic carbocycles. The van der Waals surface area contributed by atoms with Crippen LogP contribution in [0.2, 0.25) is 0 Å². The number of nitrogens with two attached hydrogens (primary N) is 1. The Morgan fingerprint density at radius 1 is 1.15 bits per heavy atom. The lowest BCUT2D eigenvalue weighted by molar-refractivity contribution is 0.573. The molecule has 0 spiro atoms. The second-order valence-electron chi connectivity index (χ2n) is 4.92. The maximum Gasteiger partial charge on any atom is 0.123 e. The number of benzene rings is 2. The summed E-state index contributed by atoms with van der Waals surface area (Å²) in [7, 11) is 0. The molecule has 0 amide bonds. The SMILES string of the molecule is Cc1nc2ccccc2n1CC(N)c1ccc(F)cc1.